The highest BCUT2D eigenvalue weighted by Crippen LogP contribution is 2.35. The lowest BCUT2D eigenvalue weighted by molar-refractivity contribution is 0.102. The van der Waals surface area contributed by atoms with E-state index in [2.05, 4.69) is 5.32 Å². The third kappa shape index (κ3) is 3.82. The number of hydrogen-bond acceptors (Lipinski definition) is 3. The molecule has 0 aliphatic carbocycles. The maximum absolute atomic E-state index is 14.1. The van der Waals surface area contributed by atoms with Crippen LogP contribution < -0.4 is 5.32 Å². The lowest BCUT2D eigenvalue weighted by Crippen LogP contribution is -2.19. The van der Waals surface area contributed by atoms with Gasteiger partial charge in [0.2, 0.25) is 9.84 Å². The fourth-order valence-electron chi connectivity index (χ4n) is 3.33. The van der Waals surface area contributed by atoms with Gasteiger partial charge in [-0.15, -0.1) is 0 Å². The summed E-state index contributed by atoms with van der Waals surface area (Å²) in [5.41, 5.74) is 1.16. The lowest BCUT2D eigenvalue weighted by Gasteiger charge is -2.14. The number of anilines is 1. The summed E-state index contributed by atoms with van der Waals surface area (Å²) in [6, 6.07) is 13.7. The molecule has 2 aromatic carbocycles. The van der Waals surface area contributed by atoms with Crippen LogP contribution in [0.5, 0.6) is 0 Å². The standard InChI is InChI=1S/C22H23FN2O3S/c1-4-14-25-16(3)15(2)20(29(27,28)17-10-6-5-7-11-17)21(25)24-22(26)18-12-8-9-13-19(18)23/h5-13H,4,14H2,1-3H3,(H,24,26). The summed E-state index contributed by atoms with van der Waals surface area (Å²) in [6.07, 6.45) is 0.738. The van der Waals surface area contributed by atoms with E-state index in [9.17, 15) is 17.6 Å². The van der Waals surface area contributed by atoms with Crippen LogP contribution in [0, 0.1) is 19.7 Å². The zero-order valence-electron chi connectivity index (χ0n) is 16.6. The molecular formula is C22H23FN2O3S. The summed E-state index contributed by atoms with van der Waals surface area (Å²) in [6.45, 7) is 6.01. The van der Waals surface area contributed by atoms with Gasteiger partial charge in [0.1, 0.15) is 16.5 Å². The molecule has 0 aliphatic heterocycles. The van der Waals surface area contributed by atoms with Crippen LogP contribution in [0.4, 0.5) is 10.2 Å². The van der Waals surface area contributed by atoms with E-state index in [1.807, 2.05) is 13.8 Å². The van der Waals surface area contributed by atoms with Gasteiger partial charge >= 0.3 is 0 Å². The highest BCUT2D eigenvalue weighted by Gasteiger charge is 2.30. The van der Waals surface area contributed by atoms with E-state index in [4.69, 9.17) is 0 Å². The first-order chi connectivity index (χ1) is 13.8. The van der Waals surface area contributed by atoms with Gasteiger partial charge in [0.25, 0.3) is 5.91 Å². The number of nitrogens with zero attached hydrogens (tertiary/aromatic N) is 1. The Kier molecular flexibility index (Phi) is 5.88. The van der Waals surface area contributed by atoms with Crippen molar-refractivity contribution >= 4 is 21.6 Å². The molecule has 0 bridgehead atoms. The minimum absolute atomic E-state index is 0.0411. The van der Waals surface area contributed by atoms with Crippen molar-refractivity contribution in [3.05, 3.63) is 77.2 Å². The Hall–Kier alpha value is -2.93. The quantitative estimate of drug-likeness (QED) is 0.633. The first-order valence-electron chi connectivity index (χ1n) is 9.34. The van der Waals surface area contributed by atoms with Crippen LogP contribution >= 0.6 is 0 Å². The second kappa shape index (κ2) is 8.21. The molecule has 3 rings (SSSR count). The van der Waals surface area contributed by atoms with Crippen molar-refractivity contribution in [2.75, 3.05) is 5.32 Å². The van der Waals surface area contributed by atoms with Crippen LogP contribution in [-0.4, -0.2) is 18.9 Å². The lowest BCUT2D eigenvalue weighted by atomic mass is 10.2. The van der Waals surface area contributed by atoms with E-state index in [-0.39, 0.29) is 21.2 Å². The fourth-order valence-corrected chi connectivity index (χ4v) is 5.05. The number of nitrogens with one attached hydrogen (secondary N) is 1. The molecule has 0 unspecified atom stereocenters. The Bertz CT molecular complexity index is 1150. The Morgan fingerprint density at radius 2 is 1.66 bits per heavy atom. The maximum Gasteiger partial charge on any atom is 0.259 e. The third-order valence-electron chi connectivity index (χ3n) is 4.89. The smallest absolute Gasteiger partial charge is 0.259 e. The molecule has 0 aliphatic rings. The molecule has 5 nitrogen and oxygen atoms in total. The number of rotatable bonds is 6. The summed E-state index contributed by atoms with van der Waals surface area (Å²) in [5.74, 6) is -1.19. The molecule has 1 aromatic heterocycles. The van der Waals surface area contributed by atoms with E-state index < -0.39 is 21.6 Å². The molecule has 1 amide bonds. The second-order valence-corrected chi connectivity index (χ2v) is 8.68. The average Bonchev–Trinajstić information content (AvgIpc) is 2.94. The average molecular weight is 415 g/mol. The van der Waals surface area contributed by atoms with E-state index in [1.54, 1.807) is 35.8 Å². The fraction of sp³-hybridized carbons (Fsp3) is 0.227. The molecular weight excluding hydrogens is 391 g/mol. The predicted octanol–water partition coefficient (Wildman–Crippen LogP) is 4.74. The van der Waals surface area contributed by atoms with Gasteiger partial charge in [0.15, 0.2) is 0 Å². The summed E-state index contributed by atoms with van der Waals surface area (Å²) in [5, 5.41) is 2.66. The predicted molar refractivity (Wildman–Crippen MR) is 110 cm³/mol. The molecule has 3 aromatic rings. The molecule has 1 N–H and O–H groups in total. The van der Waals surface area contributed by atoms with Crippen molar-refractivity contribution < 1.29 is 17.6 Å². The minimum Gasteiger partial charge on any atom is -0.331 e. The van der Waals surface area contributed by atoms with Crippen LogP contribution in [0.2, 0.25) is 0 Å². The van der Waals surface area contributed by atoms with E-state index in [0.717, 1.165) is 12.1 Å². The van der Waals surface area contributed by atoms with E-state index >= 15 is 0 Å². The molecule has 0 saturated carbocycles. The van der Waals surface area contributed by atoms with Gasteiger partial charge in [-0.2, -0.15) is 0 Å². The maximum atomic E-state index is 14.1. The number of carbonyl (C=O) groups is 1. The summed E-state index contributed by atoms with van der Waals surface area (Å²) in [7, 11) is -3.89. The summed E-state index contributed by atoms with van der Waals surface area (Å²) < 4.78 is 42.6. The van der Waals surface area contributed by atoms with Crippen molar-refractivity contribution in [3.8, 4) is 0 Å². The third-order valence-corrected chi connectivity index (χ3v) is 6.82. The molecule has 0 radical (unpaired) electrons. The van der Waals surface area contributed by atoms with E-state index in [1.165, 1.54) is 30.3 Å². The number of halogens is 1. The number of benzene rings is 2. The van der Waals surface area contributed by atoms with Gasteiger partial charge in [-0.05, 0) is 50.1 Å². The highest BCUT2D eigenvalue weighted by molar-refractivity contribution is 7.91. The molecule has 7 heteroatoms. The van der Waals surface area contributed by atoms with Crippen molar-refractivity contribution in [3.63, 3.8) is 0 Å². The normalized spacial score (nSPS) is 11.4. The van der Waals surface area contributed by atoms with Gasteiger partial charge in [0, 0.05) is 12.2 Å². The highest BCUT2D eigenvalue weighted by atomic mass is 32.2. The summed E-state index contributed by atoms with van der Waals surface area (Å²) >= 11 is 0. The van der Waals surface area contributed by atoms with Gasteiger partial charge in [-0.3, -0.25) is 4.79 Å². The van der Waals surface area contributed by atoms with Crippen molar-refractivity contribution in [2.45, 2.75) is 43.5 Å². The number of aromatic nitrogens is 1. The van der Waals surface area contributed by atoms with Crippen LogP contribution in [-0.2, 0) is 16.4 Å². The minimum atomic E-state index is -3.89. The molecule has 0 fully saturated rings. The van der Waals surface area contributed by atoms with Gasteiger partial charge in [-0.25, -0.2) is 12.8 Å². The molecule has 29 heavy (non-hydrogen) atoms. The first-order valence-corrected chi connectivity index (χ1v) is 10.8. The molecule has 1 heterocycles. The monoisotopic (exact) mass is 414 g/mol. The number of hydrogen-bond donors (Lipinski definition) is 1. The molecule has 152 valence electrons. The molecule has 0 spiro atoms. The van der Waals surface area contributed by atoms with Crippen molar-refractivity contribution in [1.82, 2.24) is 4.57 Å². The first kappa shape index (κ1) is 20.8. The van der Waals surface area contributed by atoms with Crippen LogP contribution in [0.25, 0.3) is 0 Å². The SMILES string of the molecule is CCCn1c(C)c(C)c(S(=O)(=O)c2ccccc2)c1NC(=O)c1ccccc1F. The van der Waals surface area contributed by atoms with E-state index in [0.29, 0.717) is 12.1 Å². The summed E-state index contributed by atoms with van der Waals surface area (Å²) in [4.78, 5) is 12.9. The molecule has 0 atom stereocenters. The van der Waals surface area contributed by atoms with Crippen LogP contribution in [0.3, 0.4) is 0 Å². The van der Waals surface area contributed by atoms with Crippen molar-refractivity contribution in [2.24, 2.45) is 0 Å². The Balaban J connectivity index is 2.19. The Morgan fingerprint density at radius 1 is 1.03 bits per heavy atom. The second-order valence-electron chi connectivity index (χ2n) is 6.79. The zero-order valence-corrected chi connectivity index (χ0v) is 17.4. The number of carbonyl (C=O) groups excluding carboxylic acids is 1. The largest absolute Gasteiger partial charge is 0.331 e. The Morgan fingerprint density at radius 3 is 2.28 bits per heavy atom. The van der Waals surface area contributed by atoms with Crippen molar-refractivity contribution in [1.29, 1.82) is 0 Å². The van der Waals surface area contributed by atoms with Crippen LogP contribution in [0.1, 0.15) is 35.0 Å². The topological polar surface area (TPSA) is 68.2 Å². The molecule has 0 saturated heterocycles. The number of sulfone groups is 1. The number of amides is 1. The Labute approximate surface area is 170 Å². The van der Waals surface area contributed by atoms with Crippen LogP contribution in [0.15, 0.2) is 64.4 Å². The zero-order chi connectivity index (χ0) is 21.2. The van der Waals surface area contributed by atoms with Gasteiger partial charge in [0.05, 0.1) is 10.5 Å². The van der Waals surface area contributed by atoms with Gasteiger partial charge in [-0.1, -0.05) is 37.3 Å². The van der Waals surface area contributed by atoms with Gasteiger partial charge < -0.3 is 9.88 Å².